The minimum Gasteiger partial charge on any atom is -0.324 e. The van der Waals surface area contributed by atoms with Crippen molar-refractivity contribution in [1.82, 2.24) is 4.90 Å². The molecule has 1 saturated heterocycles. The first-order valence-electron chi connectivity index (χ1n) is 6.14. The summed E-state index contributed by atoms with van der Waals surface area (Å²) in [5.74, 6) is 0.249. The fourth-order valence-electron chi connectivity index (χ4n) is 2.63. The Morgan fingerprint density at radius 1 is 1.24 bits per heavy atom. The number of hydrogen-bond donors (Lipinski definition) is 2. The van der Waals surface area contributed by atoms with Gasteiger partial charge in [0.1, 0.15) is 5.78 Å². The molecule has 1 heterocycles. The van der Waals surface area contributed by atoms with E-state index in [2.05, 4.69) is 4.90 Å². The van der Waals surface area contributed by atoms with Crippen LogP contribution >= 0.6 is 7.60 Å². The Labute approximate surface area is 102 Å². The van der Waals surface area contributed by atoms with Crippen LogP contribution in [0.15, 0.2) is 0 Å². The van der Waals surface area contributed by atoms with E-state index in [9.17, 15) is 19.1 Å². The van der Waals surface area contributed by atoms with Crippen molar-refractivity contribution in [2.45, 2.75) is 45.1 Å². The maximum atomic E-state index is 11.3. The highest BCUT2D eigenvalue weighted by molar-refractivity contribution is 7.51. The number of rotatable bonds is 5. The van der Waals surface area contributed by atoms with Crippen molar-refractivity contribution in [1.29, 1.82) is 0 Å². The average molecular weight is 263 g/mol. The molecule has 5 nitrogen and oxygen atoms in total. The highest BCUT2D eigenvalue weighted by atomic mass is 31.2. The van der Waals surface area contributed by atoms with Gasteiger partial charge in [-0.2, -0.15) is 0 Å². The van der Waals surface area contributed by atoms with Crippen LogP contribution in [-0.4, -0.2) is 45.3 Å². The summed E-state index contributed by atoms with van der Waals surface area (Å²) in [7, 11) is -4.03. The zero-order valence-corrected chi connectivity index (χ0v) is 11.4. The predicted molar refractivity (Wildman–Crippen MR) is 66.0 cm³/mol. The summed E-state index contributed by atoms with van der Waals surface area (Å²) in [4.78, 5) is 31.7. The molecule has 17 heavy (non-hydrogen) atoms. The molecule has 0 spiro atoms. The van der Waals surface area contributed by atoms with Crippen LogP contribution in [0.1, 0.15) is 39.5 Å². The molecule has 0 aromatic heterocycles. The van der Waals surface area contributed by atoms with Crippen molar-refractivity contribution in [3.8, 4) is 0 Å². The highest BCUT2D eigenvalue weighted by Crippen LogP contribution is 2.43. The molecule has 6 heteroatoms. The Bertz CT molecular complexity index is 311. The molecular weight excluding hydrogens is 241 g/mol. The van der Waals surface area contributed by atoms with Crippen LogP contribution in [0.4, 0.5) is 0 Å². The maximum absolute atomic E-state index is 11.3. The Morgan fingerprint density at radius 2 is 1.71 bits per heavy atom. The number of ketones is 1. The molecule has 0 bridgehead atoms. The van der Waals surface area contributed by atoms with Crippen molar-refractivity contribution in [2.24, 2.45) is 0 Å². The first kappa shape index (κ1) is 14.8. The summed E-state index contributed by atoms with van der Waals surface area (Å²) < 4.78 is 11.3. The van der Waals surface area contributed by atoms with E-state index in [1.54, 1.807) is 0 Å². The lowest BCUT2D eigenvalue weighted by Gasteiger charge is -2.45. The van der Waals surface area contributed by atoms with Crippen LogP contribution in [0.2, 0.25) is 0 Å². The lowest BCUT2D eigenvalue weighted by atomic mass is 9.90. The van der Waals surface area contributed by atoms with Crippen LogP contribution in [0.3, 0.4) is 0 Å². The topological polar surface area (TPSA) is 77.8 Å². The Balaban J connectivity index is 2.83. The predicted octanol–water partition coefficient (Wildman–Crippen LogP) is 1.39. The van der Waals surface area contributed by atoms with Crippen LogP contribution in [-0.2, 0) is 9.36 Å². The van der Waals surface area contributed by atoms with Crippen molar-refractivity contribution >= 4 is 13.4 Å². The second kappa shape index (κ2) is 5.61. The number of hydrogen-bond acceptors (Lipinski definition) is 3. The number of carbonyl (C=O) groups excluding carboxylic acids is 1. The first-order valence-corrected chi connectivity index (χ1v) is 7.94. The number of nitrogens with zero attached hydrogens (tertiary/aromatic N) is 1. The third-order valence-corrected chi connectivity index (χ3v) is 4.81. The van der Waals surface area contributed by atoms with Gasteiger partial charge in [0.25, 0.3) is 0 Å². The number of piperidine rings is 1. The minimum absolute atomic E-state index is 0.110. The fraction of sp³-hybridized carbons (Fsp3) is 0.909. The van der Waals surface area contributed by atoms with Gasteiger partial charge in [-0.15, -0.1) is 0 Å². The smallest absolute Gasteiger partial charge is 0.324 e. The summed E-state index contributed by atoms with van der Waals surface area (Å²) >= 11 is 0. The molecule has 0 aromatic carbocycles. The Hall–Kier alpha value is -0.220. The van der Waals surface area contributed by atoms with Crippen molar-refractivity contribution in [2.75, 3.05) is 19.3 Å². The zero-order valence-electron chi connectivity index (χ0n) is 10.6. The molecule has 1 rings (SSSR count). The fourth-order valence-corrected chi connectivity index (χ4v) is 4.05. The van der Waals surface area contributed by atoms with Crippen LogP contribution < -0.4 is 0 Å². The van der Waals surface area contributed by atoms with Crippen molar-refractivity contribution in [3.63, 3.8) is 0 Å². The quantitative estimate of drug-likeness (QED) is 0.733. The summed E-state index contributed by atoms with van der Waals surface area (Å²) in [6.07, 6.45) is 2.29. The molecule has 0 aromatic rings. The van der Waals surface area contributed by atoms with E-state index < -0.39 is 13.1 Å². The van der Waals surface area contributed by atoms with Gasteiger partial charge in [0.2, 0.25) is 0 Å². The van der Waals surface area contributed by atoms with E-state index >= 15 is 0 Å². The van der Waals surface area contributed by atoms with E-state index in [1.165, 1.54) is 0 Å². The van der Waals surface area contributed by atoms with Crippen molar-refractivity contribution in [3.05, 3.63) is 0 Å². The summed E-state index contributed by atoms with van der Waals surface area (Å²) in [6.45, 7) is 5.16. The SMILES string of the molecule is CCC(CC)(CP(=O)(O)O)N1CCC(=O)CC1. The second-order valence-corrected chi connectivity index (χ2v) is 6.43. The molecule has 1 aliphatic rings. The molecule has 0 saturated carbocycles. The van der Waals surface area contributed by atoms with E-state index in [1.807, 2.05) is 13.8 Å². The van der Waals surface area contributed by atoms with Crippen LogP contribution in [0, 0.1) is 0 Å². The van der Waals surface area contributed by atoms with E-state index in [4.69, 9.17) is 0 Å². The molecule has 2 N–H and O–H groups in total. The standard InChI is InChI=1S/C11H22NO4P/c1-3-11(4-2,9-17(14,15)16)12-7-5-10(13)6-8-12/h3-9H2,1-2H3,(H2,14,15,16). The summed E-state index contributed by atoms with van der Waals surface area (Å²) in [5, 5.41) is 0. The van der Waals surface area contributed by atoms with Gasteiger partial charge in [-0.1, -0.05) is 13.8 Å². The van der Waals surface area contributed by atoms with Crippen molar-refractivity contribution < 1.29 is 19.1 Å². The molecule has 0 aliphatic carbocycles. The largest absolute Gasteiger partial charge is 0.327 e. The molecule has 100 valence electrons. The first-order chi connectivity index (χ1) is 7.83. The summed E-state index contributed by atoms with van der Waals surface area (Å²) in [6, 6.07) is 0. The number of Topliss-reactive ketones (excluding diaryl/α,β-unsaturated/α-hetero) is 1. The van der Waals surface area contributed by atoms with Gasteiger partial charge >= 0.3 is 7.60 Å². The normalized spacial score (nSPS) is 19.6. The van der Waals surface area contributed by atoms with Gasteiger partial charge in [0.15, 0.2) is 0 Å². The Kier molecular flexibility index (Phi) is 4.90. The van der Waals surface area contributed by atoms with Gasteiger partial charge in [-0.25, -0.2) is 0 Å². The van der Waals surface area contributed by atoms with E-state index in [-0.39, 0.29) is 11.9 Å². The lowest BCUT2D eigenvalue weighted by Crippen LogP contribution is -2.53. The van der Waals surface area contributed by atoms with E-state index in [0.717, 1.165) is 0 Å². The molecular formula is C11H22NO4P. The average Bonchev–Trinajstić information content (AvgIpc) is 2.26. The van der Waals surface area contributed by atoms with Crippen LogP contribution in [0.25, 0.3) is 0 Å². The maximum Gasteiger partial charge on any atom is 0.327 e. The monoisotopic (exact) mass is 263 g/mol. The molecule has 0 radical (unpaired) electrons. The minimum atomic E-state index is -4.03. The molecule has 1 fully saturated rings. The highest BCUT2D eigenvalue weighted by Gasteiger charge is 2.40. The summed E-state index contributed by atoms with van der Waals surface area (Å²) in [5.41, 5.74) is -0.459. The molecule has 0 atom stereocenters. The lowest BCUT2D eigenvalue weighted by molar-refractivity contribution is -0.122. The molecule has 0 amide bonds. The Morgan fingerprint density at radius 3 is 2.06 bits per heavy atom. The zero-order chi connectivity index (χ0) is 13.1. The number of carbonyl (C=O) groups is 1. The van der Waals surface area contributed by atoms with E-state index in [0.29, 0.717) is 38.8 Å². The van der Waals surface area contributed by atoms with Gasteiger partial charge in [-0.05, 0) is 12.8 Å². The van der Waals surface area contributed by atoms with Gasteiger partial charge in [0.05, 0.1) is 6.16 Å². The third-order valence-electron chi connectivity index (χ3n) is 3.81. The number of likely N-dealkylation sites (tertiary alicyclic amines) is 1. The molecule has 0 unspecified atom stereocenters. The van der Waals surface area contributed by atoms with Gasteiger partial charge < -0.3 is 9.79 Å². The van der Waals surface area contributed by atoms with Crippen LogP contribution in [0.5, 0.6) is 0 Å². The molecule has 1 aliphatic heterocycles. The van der Waals surface area contributed by atoms with Gasteiger partial charge in [0, 0.05) is 31.5 Å². The third kappa shape index (κ3) is 3.88. The second-order valence-electron chi connectivity index (χ2n) is 4.78. The van der Waals surface area contributed by atoms with Gasteiger partial charge in [-0.3, -0.25) is 14.3 Å².